The summed E-state index contributed by atoms with van der Waals surface area (Å²) < 4.78 is 0. The van der Waals surface area contributed by atoms with Crippen molar-refractivity contribution in [1.29, 1.82) is 0 Å². The van der Waals surface area contributed by atoms with Gasteiger partial charge in [0.05, 0.1) is 0 Å². The highest BCUT2D eigenvalue weighted by molar-refractivity contribution is 5.87. The average molecular weight is 487 g/mol. The van der Waals surface area contributed by atoms with Gasteiger partial charge in [0.15, 0.2) is 0 Å². The minimum absolute atomic E-state index is 0.0564. The number of hydrogen-bond acceptors (Lipinski definition) is 0. The monoisotopic (exact) mass is 486 g/mol. The van der Waals surface area contributed by atoms with Gasteiger partial charge in [-0.05, 0) is 121 Å². The normalized spacial score (nSPS) is 13.0. The number of aryl methyl sites for hydroxylation is 2. The molecule has 0 nitrogen and oxygen atoms in total. The Morgan fingerprint density at radius 3 is 1.22 bits per heavy atom. The zero-order chi connectivity index (χ0) is 26.5. The van der Waals surface area contributed by atoms with Gasteiger partial charge in [-0.1, -0.05) is 104 Å². The highest BCUT2D eigenvalue weighted by Crippen LogP contribution is 2.47. The van der Waals surface area contributed by atoms with Crippen molar-refractivity contribution in [2.24, 2.45) is 0 Å². The summed E-state index contributed by atoms with van der Waals surface area (Å²) in [6, 6.07) is 28.0. The molecule has 0 spiro atoms. The first kappa shape index (κ1) is 25.5. The third-order valence-corrected chi connectivity index (χ3v) is 8.15. The van der Waals surface area contributed by atoms with Gasteiger partial charge in [-0.2, -0.15) is 0 Å². The molecule has 0 saturated carbocycles. The zero-order valence-corrected chi connectivity index (χ0v) is 24.0. The lowest BCUT2D eigenvalue weighted by Gasteiger charge is -2.27. The molecule has 1 aliphatic carbocycles. The van der Waals surface area contributed by atoms with E-state index in [2.05, 4.69) is 128 Å². The van der Waals surface area contributed by atoms with E-state index < -0.39 is 0 Å². The van der Waals surface area contributed by atoms with Crippen molar-refractivity contribution < 1.29 is 0 Å². The van der Waals surface area contributed by atoms with Crippen molar-refractivity contribution in [1.82, 2.24) is 0 Å². The minimum atomic E-state index is 0.0564. The van der Waals surface area contributed by atoms with Crippen LogP contribution >= 0.6 is 0 Å². The fourth-order valence-corrected chi connectivity index (χ4v) is 6.16. The van der Waals surface area contributed by atoms with Crippen molar-refractivity contribution in [2.75, 3.05) is 0 Å². The molecule has 0 heterocycles. The Balaban J connectivity index is 1.76. The molecule has 4 aromatic carbocycles. The van der Waals surface area contributed by atoms with E-state index >= 15 is 0 Å². The van der Waals surface area contributed by atoms with Crippen LogP contribution in [0.15, 0.2) is 72.8 Å². The third kappa shape index (κ3) is 4.56. The van der Waals surface area contributed by atoms with E-state index in [9.17, 15) is 0 Å². The van der Waals surface area contributed by atoms with E-state index in [1.807, 2.05) is 0 Å². The fourth-order valence-electron chi connectivity index (χ4n) is 6.16. The van der Waals surface area contributed by atoms with Crippen molar-refractivity contribution in [3.05, 3.63) is 106 Å². The second kappa shape index (κ2) is 9.32. The molecule has 0 radical (unpaired) electrons. The Kier molecular flexibility index (Phi) is 6.43. The smallest absolute Gasteiger partial charge is 0.00130 e. The molecular formula is C37H42. The summed E-state index contributed by atoms with van der Waals surface area (Å²) in [7, 11) is 0. The number of fused-ring (bicyclic) bond motifs is 3. The molecule has 0 heteroatoms. The van der Waals surface area contributed by atoms with Gasteiger partial charge in [0.1, 0.15) is 0 Å². The van der Waals surface area contributed by atoms with E-state index in [0.717, 1.165) is 19.3 Å². The highest BCUT2D eigenvalue weighted by atomic mass is 14.3. The molecule has 5 rings (SSSR count). The number of rotatable bonds is 4. The standard InChI is InChI=1S/C37H42/c1-9-24-15-11-13-17-28(24)32-20-26-19-27-21-33(29-18-14-12-16-25(29)10-2)35(37(6,7)8)23-31(27)30(26)22-34(32)36(3,4)5/h11-18,20-23H,9-10,19H2,1-8H3. The summed E-state index contributed by atoms with van der Waals surface area (Å²) in [5.41, 5.74) is 17.2. The second-order valence-electron chi connectivity index (χ2n) is 12.8. The first-order valence-corrected chi connectivity index (χ1v) is 14.0. The topological polar surface area (TPSA) is 0 Å². The first-order chi connectivity index (χ1) is 17.5. The van der Waals surface area contributed by atoms with Gasteiger partial charge in [0.2, 0.25) is 0 Å². The van der Waals surface area contributed by atoms with E-state index in [1.54, 1.807) is 0 Å². The van der Waals surface area contributed by atoms with Crippen LogP contribution in [-0.4, -0.2) is 0 Å². The average Bonchev–Trinajstić information content (AvgIpc) is 3.22. The summed E-state index contributed by atoms with van der Waals surface area (Å²) in [5, 5.41) is 0. The van der Waals surface area contributed by atoms with Crippen LogP contribution in [0, 0.1) is 0 Å². The van der Waals surface area contributed by atoms with E-state index in [1.165, 1.54) is 66.8 Å². The molecule has 4 aromatic rings. The van der Waals surface area contributed by atoms with Crippen LogP contribution in [0.2, 0.25) is 0 Å². The maximum atomic E-state index is 2.52. The van der Waals surface area contributed by atoms with Crippen LogP contribution in [0.25, 0.3) is 33.4 Å². The molecule has 1 aliphatic rings. The predicted octanol–water partition coefficient (Wildman–Crippen LogP) is 10.3. The maximum absolute atomic E-state index is 2.52. The van der Waals surface area contributed by atoms with Gasteiger partial charge in [0, 0.05) is 0 Å². The molecule has 0 aliphatic heterocycles. The van der Waals surface area contributed by atoms with Gasteiger partial charge >= 0.3 is 0 Å². The van der Waals surface area contributed by atoms with Crippen molar-refractivity contribution >= 4 is 0 Å². The Bertz CT molecular complexity index is 1350. The second-order valence-corrected chi connectivity index (χ2v) is 12.8. The van der Waals surface area contributed by atoms with Crippen LogP contribution < -0.4 is 0 Å². The molecule has 0 bridgehead atoms. The highest BCUT2D eigenvalue weighted by Gasteiger charge is 2.29. The Morgan fingerprint density at radius 1 is 0.486 bits per heavy atom. The first-order valence-electron chi connectivity index (χ1n) is 14.0. The zero-order valence-electron chi connectivity index (χ0n) is 24.0. The molecule has 190 valence electrons. The van der Waals surface area contributed by atoms with Gasteiger partial charge in [-0.3, -0.25) is 0 Å². The molecule has 0 atom stereocenters. The van der Waals surface area contributed by atoms with Gasteiger partial charge < -0.3 is 0 Å². The van der Waals surface area contributed by atoms with Crippen molar-refractivity contribution in [3.8, 4) is 33.4 Å². The summed E-state index contributed by atoms with van der Waals surface area (Å²) in [6.45, 7) is 18.7. The molecule has 0 unspecified atom stereocenters. The molecule has 0 aromatic heterocycles. The Morgan fingerprint density at radius 2 is 0.865 bits per heavy atom. The minimum Gasteiger partial charge on any atom is -0.0620 e. The summed E-state index contributed by atoms with van der Waals surface area (Å²) in [5.74, 6) is 0. The van der Waals surface area contributed by atoms with E-state index in [-0.39, 0.29) is 10.8 Å². The van der Waals surface area contributed by atoms with Crippen LogP contribution in [0.3, 0.4) is 0 Å². The van der Waals surface area contributed by atoms with E-state index in [0.29, 0.717) is 0 Å². The summed E-state index contributed by atoms with van der Waals surface area (Å²) in [6.07, 6.45) is 3.10. The molecule has 37 heavy (non-hydrogen) atoms. The molecule has 0 amide bonds. The van der Waals surface area contributed by atoms with Crippen LogP contribution in [-0.2, 0) is 30.1 Å². The lowest BCUT2D eigenvalue weighted by Crippen LogP contribution is -2.14. The molecule has 0 saturated heterocycles. The van der Waals surface area contributed by atoms with Gasteiger partial charge in [0.25, 0.3) is 0 Å². The van der Waals surface area contributed by atoms with Crippen molar-refractivity contribution in [2.45, 2.75) is 85.5 Å². The Hall–Kier alpha value is -3.12. The van der Waals surface area contributed by atoms with Crippen molar-refractivity contribution in [3.63, 3.8) is 0 Å². The SMILES string of the molecule is CCc1ccccc1-c1cc2c(cc1C(C)(C)C)-c1cc(C(C)(C)C)c(-c3ccccc3CC)cc1C2. The van der Waals surface area contributed by atoms with Crippen LogP contribution in [0.4, 0.5) is 0 Å². The number of hydrogen-bond donors (Lipinski definition) is 0. The predicted molar refractivity (Wildman–Crippen MR) is 162 cm³/mol. The molecule has 0 fully saturated rings. The quantitative estimate of drug-likeness (QED) is 0.237. The number of benzene rings is 4. The lowest BCUT2D eigenvalue weighted by molar-refractivity contribution is 0.591. The molecule has 0 N–H and O–H groups in total. The fraction of sp³-hybridized carbons (Fsp3) is 0.351. The summed E-state index contributed by atoms with van der Waals surface area (Å²) in [4.78, 5) is 0. The summed E-state index contributed by atoms with van der Waals surface area (Å²) >= 11 is 0. The van der Waals surface area contributed by atoms with Gasteiger partial charge in [-0.15, -0.1) is 0 Å². The maximum Gasteiger partial charge on any atom is -0.00130 e. The molecular weight excluding hydrogens is 444 g/mol. The largest absolute Gasteiger partial charge is 0.0620 e. The van der Waals surface area contributed by atoms with Crippen LogP contribution in [0.1, 0.15) is 88.8 Å². The van der Waals surface area contributed by atoms with Gasteiger partial charge in [-0.25, -0.2) is 0 Å². The third-order valence-electron chi connectivity index (χ3n) is 8.15. The van der Waals surface area contributed by atoms with E-state index in [4.69, 9.17) is 0 Å². The van der Waals surface area contributed by atoms with Crippen LogP contribution in [0.5, 0.6) is 0 Å². The Labute approximate surface area is 224 Å². The lowest BCUT2D eigenvalue weighted by atomic mass is 9.77.